The van der Waals surface area contributed by atoms with Gasteiger partial charge in [-0.1, -0.05) is 12.1 Å². The predicted molar refractivity (Wildman–Crippen MR) is 76.2 cm³/mol. The van der Waals surface area contributed by atoms with Gasteiger partial charge in [-0.05, 0) is 43.5 Å². The lowest BCUT2D eigenvalue weighted by molar-refractivity contribution is 0.312. The van der Waals surface area contributed by atoms with Gasteiger partial charge in [0.25, 0.3) is 0 Å². The first-order chi connectivity index (χ1) is 8.74. The summed E-state index contributed by atoms with van der Waals surface area (Å²) in [6.45, 7) is 4.64. The van der Waals surface area contributed by atoms with E-state index in [4.69, 9.17) is 5.73 Å². The summed E-state index contributed by atoms with van der Waals surface area (Å²) in [4.78, 5) is 4.96. The molecule has 3 heteroatoms. The number of rotatable bonds is 1. The van der Waals surface area contributed by atoms with Gasteiger partial charge >= 0.3 is 0 Å². The fraction of sp³-hybridized carbons (Fsp3) is 0.600. The highest BCUT2D eigenvalue weighted by molar-refractivity contribution is 5.58. The number of anilines is 1. The minimum absolute atomic E-state index is 0.361. The van der Waals surface area contributed by atoms with Crippen molar-refractivity contribution in [1.82, 2.24) is 4.90 Å². The smallest absolute Gasteiger partial charge is 0.0402 e. The molecule has 2 N–H and O–H groups in total. The predicted octanol–water partition coefficient (Wildman–Crippen LogP) is 1.25. The molecule has 1 atom stereocenters. The molecule has 0 saturated carbocycles. The number of benzene rings is 1. The van der Waals surface area contributed by atoms with Gasteiger partial charge in [-0.2, -0.15) is 0 Å². The number of likely N-dealkylation sites (N-methyl/N-ethyl adjacent to an activating group) is 1. The molecule has 1 aromatic rings. The van der Waals surface area contributed by atoms with E-state index in [1.807, 2.05) is 0 Å². The molecule has 98 valence electrons. The van der Waals surface area contributed by atoms with Crippen LogP contribution < -0.4 is 10.6 Å². The molecule has 0 unspecified atom stereocenters. The number of hydrogen-bond acceptors (Lipinski definition) is 3. The molecule has 1 aliphatic heterocycles. The van der Waals surface area contributed by atoms with Crippen molar-refractivity contribution in [3.8, 4) is 0 Å². The van der Waals surface area contributed by atoms with Crippen LogP contribution >= 0.6 is 0 Å². The zero-order valence-electron chi connectivity index (χ0n) is 11.2. The Labute approximate surface area is 110 Å². The van der Waals surface area contributed by atoms with Crippen LogP contribution in [0.2, 0.25) is 0 Å². The summed E-state index contributed by atoms with van der Waals surface area (Å²) in [6.07, 6.45) is 3.34. The molecule has 0 radical (unpaired) electrons. The van der Waals surface area contributed by atoms with E-state index in [-0.39, 0.29) is 0 Å². The lowest BCUT2D eigenvalue weighted by Crippen LogP contribution is -2.45. The molecule has 1 fully saturated rings. The highest BCUT2D eigenvalue weighted by Gasteiger charge is 2.22. The van der Waals surface area contributed by atoms with E-state index in [1.54, 1.807) is 5.56 Å². The van der Waals surface area contributed by atoms with Gasteiger partial charge in [-0.3, -0.25) is 0 Å². The maximum Gasteiger partial charge on any atom is 0.0402 e. The molecular weight excluding hydrogens is 222 g/mol. The van der Waals surface area contributed by atoms with E-state index in [2.05, 4.69) is 35.0 Å². The number of nitrogens with two attached hydrogens (primary N) is 1. The number of piperazine rings is 1. The van der Waals surface area contributed by atoms with Crippen molar-refractivity contribution in [3.05, 3.63) is 29.3 Å². The first kappa shape index (κ1) is 12.0. The van der Waals surface area contributed by atoms with Gasteiger partial charge in [0.15, 0.2) is 0 Å². The fourth-order valence-electron chi connectivity index (χ4n) is 3.16. The first-order valence-corrected chi connectivity index (χ1v) is 7.04. The number of nitrogens with zero attached hydrogens (tertiary/aromatic N) is 2. The molecule has 0 spiro atoms. The minimum atomic E-state index is 0.361. The Hall–Kier alpha value is -1.06. The zero-order chi connectivity index (χ0) is 12.5. The third-order valence-electron chi connectivity index (χ3n) is 4.34. The van der Waals surface area contributed by atoms with Gasteiger partial charge < -0.3 is 15.5 Å². The van der Waals surface area contributed by atoms with Crippen molar-refractivity contribution >= 4 is 5.69 Å². The molecule has 18 heavy (non-hydrogen) atoms. The van der Waals surface area contributed by atoms with E-state index in [9.17, 15) is 0 Å². The summed E-state index contributed by atoms with van der Waals surface area (Å²) in [5.74, 6) is 0. The lowest BCUT2D eigenvalue weighted by Gasteiger charge is -2.36. The Balaban J connectivity index is 1.86. The van der Waals surface area contributed by atoms with Gasteiger partial charge in [0.2, 0.25) is 0 Å². The van der Waals surface area contributed by atoms with Crippen molar-refractivity contribution in [3.63, 3.8) is 0 Å². The summed E-state index contributed by atoms with van der Waals surface area (Å²) in [5, 5.41) is 0. The Morgan fingerprint density at radius 3 is 2.72 bits per heavy atom. The third kappa shape index (κ3) is 2.25. The highest BCUT2D eigenvalue weighted by atomic mass is 15.2. The average Bonchev–Trinajstić information content (AvgIpc) is 2.38. The molecule has 1 saturated heterocycles. The minimum Gasteiger partial charge on any atom is -0.369 e. The van der Waals surface area contributed by atoms with Gasteiger partial charge in [-0.15, -0.1) is 0 Å². The molecule has 1 heterocycles. The molecule has 3 rings (SSSR count). The topological polar surface area (TPSA) is 32.5 Å². The van der Waals surface area contributed by atoms with Crippen LogP contribution in [0, 0.1) is 0 Å². The Bertz CT molecular complexity index is 422. The second kappa shape index (κ2) is 4.90. The van der Waals surface area contributed by atoms with E-state index >= 15 is 0 Å². The first-order valence-electron chi connectivity index (χ1n) is 7.04. The van der Waals surface area contributed by atoms with Crippen LogP contribution in [-0.4, -0.2) is 44.2 Å². The lowest BCUT2D eigenvalue weighted by atomic mass is 9.87. The number of hydrogen-bond donors (Lipinski definition) is 1. The van der Waals surface area contributed by atoms with Crippen molar-refractivity contribution < 1.29 is 0 Å². The summed E-state index contributed by atoms with van der Waals surface area (Å²) < 4.78 is 0. The van der Waals surface area contributed by atoms with Crippen LogP contribution in [0.25, 0.3) is 0 Å². The maximum absolute atomic E-state index is 6.08. The van der Waals surface area contributed by atoms with Crippen molar-refractivity contribution in [1.29, 1.82) is 0 Å². The van der Waals surface area contributed by atoms with Crippen LogP contribution in [0.15, 0.2) is 18.2 Å². The molecule has 1 aromatic carbocycles. The van der Waals surface area contributed by atoms with E-state index < -0.39 is 0 Å². The molecule has 3 nitrogen and oxygen atoms in total. The summed E-state index contributed by atoms with van der Waals surface area (Å²) >= 11 is 0. The van der Waals surface area contributed by atoms with Gasteiger partial charge in [0, 0.05) is 37.9 Å². The summed E-state index contributed by atoms with van der Waals surface area (Å²) in [5.41, 5.74) is 10.6. The van der Waals surface area contributed by atoms with Crippen LogP contribution in [0.4, 0.5) is 5.69 Å². The van der Waals surface area contributed by atoms with Gasteiger partial charge in [0.05, 0.1) is 0 Å². The highest BCUT2D eigenvalue weighted by Crippen LogP contribution is 2.30. The zero-order valence-corrected chi connectivity index (χ0v) is 11.2. The second-order valence-corrected chi connectivity index (χ2v) is 5.71. The number of fused-ring (bicyclic) bond motifs is 1. The third-order valence-corrected chi connectivity index (χ3v) is 4.34. The van der Waals surface area contributed by atoms with Crippen molar-refractivity contribution in [2.75, 3.05) is 38.1 Å². The fourth-order valence-corrected chi connectivity index (χ4v) is 3.16. The molecule has 0 amide bonds. The quantitative estimate of drug-likeness (QED) is 0.808. The summed E-state index contributed by atoms with van der Waals surface area (Å²) in [7, 11) is 2.21. The average molecular weight is 245 g/mol. The molecule has 1 aliphatic carbocycles. The van der Waals surface area contributed by atoms with E-state index in [1.165, 1.54) is 24.3 Å². The van der Waals surface area contributed by atoms with Crippen LogP contribution in [0.1, 0.15) is 17.5 Å². The standard InChI is InChI=1S/C15H23N3/c1-17-7-9-18(10-8-17)15-4-2-3-12-11-13(16)5-6-14(12)15/h2-4,13H,5-11,16H2,1H3/t13-/m1/s1. The van der Waals surface area contributed by atoms with Crippen molar-refractivity contribution in [2.24, 2.45) is 5.73 Å². The summed E-state index contributed by atoms with van der Waals surface area (Å²) in [6, 6.07) is 7.11. The van der Waals surface area contributed by atoms with Crippen LogP contribution in [-0.2, 0) is 12.8 Å². The van der Waals surface area contributed by atoms with E-state index in [0.29, 0.717) is 6.04 Å². The van der Waals surface area contributed by atoms with Crippen LogP contribution in [0.5, 0.6) is 0 Å². The Morgan fingerprint density at radius 2 is 1.94 bits per heavy atom. The molecule has 0 aromatic heterocycles. The monoisotopic (exact) mass is 245 g/mol. The van der Waals surface area contributed by atoms with Gasteiger partial charge in [0.1, 0.15) is 0 Å². The van der Waals surface area contributed by atoms with Crippen LogP contribution in [0.3, 0.4) is 0 Å². The largest absolute Gasteiger partial charge is 0.369 e. The molecule has 0 bridgehead atoms. The van der Waals surface area contributed by atoms with Gasteiger partial charge in [-0.25, -0.2) is 0 Å². The Morgan fingerprint density at radius 1 is 1.17 bits per heavy atom. The second-order valence-electron chi connectivity index (χ2n) is 5.71. The molecular formula is C15H23N3. The van der Waals surface area contributed by atoms with E-state index in [0.717, 1.165) is 32.4 Å². The molecule has 2 aliphatic rings. The van der Waals surface area contributed by atoms with Crippen molar-refractivity contribution in [2.45, 2.75) is 25.3 Å². The SMILES string of the molecule is CN1CCN(c2cccc3c2CC[C@@H](N)C3)CC1. The maximum atomic E-state index is 6.08. The normalized spacial score (nSPS) is 25.0. The Kier molecular flexibility index (Phi) is 3.27.